The van der Waals surface area contributed by atoms with Gasteiger partial charge < -0.3 is 15.5 Å². The summed E-state index contributed by atoms with van der Waals surface area (Å²) in [5.74, 6) is -1.78. The highest BCUT2D eigenvalue weighted by Gasteiger charge is 2.12. The van der Waals surface area contributed by atoms with Crippen molar-refractivity contribution >= 4 is 23.0 Å². The van der Waals surface area contributed by atoms with E-state index >= 15 is 0 Å². The van der Waals surface area contributed by atoms with Gasteiger partial charge >= 0.3 is 0 Å². The predicted molar refractivity (Wildman–Crippen MR) is 96.0 cm³/mol. The minimum atomic E-state index is -0.779. The lowest BCUT2D eigenvalue weighted by molar-refractivity contribution is -0.116. The molecule has 2 aromatic carbocycles. The molecule has 0 unspecified atom stereocenters. The molecule has 0 saturated carbocycles. The number of nitrogens with zero attached hydrogens (tertiary/aromatic N) is 1. The Morgan fingerprint density at radius 1 is 1.04 bits per heavy atom. The first-order valence-electron chi connectivity index (χ1n) is 8.45. The standard InChI is InChI=1S/C19H21F2N3O/c20-14-3-8-18(17(21)13-14)23-19(25)9-10-22-15-4-6-16(7-5-15)24-11-1-2-12-24/h3-8,13,22H,1-2,9-12H2,(H,23,25). The summed E-state index contributed by atoms with van der Waals surface area (Å²) in [5, 5.41) is 5.61. The zero-order valence-electron chi connectivity index (χ0n) is 13.9. The quantitative estimate of drug-likeness (QED) is 0.832. The van der Waals surface area contributed by atoms with Gasteiger partial charge in [0, 0.05) is 43.5 Å². The van der Waals surface area contributed by atoms with Gasteiger partial charge in [0.1, 0.15) is 11.6 Å². The van der Waals surface area contributed by atoms with Gasteiger partial charge in [0.15, 0.2) is 0 Å². The van der Waals surface area contributed by atoms with Crippen LogP contribution in [-0.4, -0.2) is 25.5 Å². The van der Waals surface area contributed by atoms with Gasteiger partial charge in [-0.05, 0) is 49.2 Å². The van der Waals surface area contributed by atoms with Crippen LogP contribution in [0.3, 0.4) is 0 Å². The number of anilines is 3. The highest BCUT2D eigenvalue weighted by atomic mass is 19.1. The minimum Gasteiger partial charge on any atom is -0.385 e. The van der Waals surface area contributed by atoms with Crippen LogP contribution in [-0.2, 0) is 4.79 Å². The van der Waals surface area contributed by atoms with Gasteiger partial charge in [0.05, 0.1) is 5.69 Å². The lowest BCUT2D eigenvalue weighted by Gasteiger charge is -2.18. The molecule has 3 rings (SSSR count). The Labute approximate surface area is 145 Å². The van der Waals surface area contributed by atoms with Crippen molar-refractivity contribution in [3.63, 3.8) is 0 Å². The number of nitrogens with one attached hydrogen (secondary N) is 2. The monoisotopic (exact) mass is 345 g/mol. The molecular weight excluding hydrogens is 324 g/mol. The lowest BCUT2D eigenvalue weighted by Crippen LogP contribution is -2.18. The number of halogens is 2. The van der Waals surface area contributed by atoms with Crippen LogP contribution in [0.25, 0.3) is 0 Å². The predicted octanol–water partition coefficient (Wildman–Crippen LogP) is 4.01. The zero-order valence-corrected chi connectivity index (χ0v) is 13.9. The van der Waals surface area contributed by atoms with Crippen molar-refractivity contribution in [1.29, 1.82) is 0 Å². The molecule has 0 atom stereocenters. The van der Waals surface area contributed by atoms with Gasteiger partial charge in [-0.2, -0.15) is 0 Å². The summed E-state index contributed by atoms with van der Waals surface area (Å²) in [4.78, 5) is 14.2. The van der Waals surface area contributed by atoms with Crippen LogP contribution in [0, 0.1) is 11.6 Å². The second-order valence-corrected chi connectivity index (χ2v) is 6.09. The largest absolute Gasteiger partial charge is 0.385 e. The Kier molecular flexibility index (Phi) is 5.48. The number of carbonyl (C=O) groups is 1. The van der Waals surface area contributed by atoms with Crippen LogP contribution in [0.5, 0.6) is 0 Å². The first kappa shape index (κ1) is 17.2. The van der Waals surface area contributed by atoms with E-state index in [0.29, 0.717) is 6.54 Å². The maximum Gasteiger partial charge on any atom is 0.226 e. The normalized spacial score (nSPS) is 13.8. The fraction of sp³-hybridized carbons (Fsp3) is 0.316. The Morgan fingerprint density at radius 3 is 2.44 bits per heavy atom. The molecule has 1 aliphatic heterocycles. The Bertz CT molecular complexity index is 728. The smallest absolute Gasteiger partial charge is 0.226 e. The van der Waals surface area contributed by atoms with Crippen molar-refractivity contribution in [3.8, 4) is 0 Å². The number of rotatable bonds is 6. The summed E-state index contributed by atoms with van der Waals surface area (Å²) >= 11 is 0. The van der Waals surface area contributed by atoms with Crippen LogP contribution >= 0.6 is 0 Å². The molecule has 1 aliphatic rings. The first-order chi connectivity index (χ1) is 12.1. The number of hydrogen-bond donors (Lipinski definition) is 2. The molecule has 2 N–H and O–H groups in total. The van der Waals surface area contributed by atoms with E-state index < -0.39 is 11.6 Å². The third-order valence-corrected chi connectivity index (χ3v) is 4.22. The van der Waals surface area contributed by atoms with E-state index in [9.17, 15) is 13.6 Å². The van der Waals surface area contributed by atoms with E-state index in [1.54, 1.807) is 0 Å². The van der Waals surface area contributed by atoms with Crippen LogP contribution in [0.15, 0.2) is 42.5 Å². The molecule has 0 radical (unpaired) electrons. The topological polar surface area (TPSA) is 44.4 Å². The van der Waals surface area contributed by atoms with E-state index in [0.717, 1.165) is 30.9 Å². The Morgan fingerprint density at radius 2 is 1.76 bits per heavy atom. The molecule has 1 saturated heterocycles. The molecule has 0 bridgehead atoms. The van der Waals surface area contributed by atoms with Gasteiger partial charge in [-0.1, -0.05) is 0 Å². The van der Waals surface area contributed by atoms with E-state index in [-0.39, 0.29) is 18.0 Å². The minimum absolute atomic E-state index is 0.0126. The third-order valence-electron chi connectivity index (χ3n) is 4.22. The fourth-order valence-corrected chi connectivity index (χ4v) is 2.89. The van der Waals surface area contributed by atoms with Gasteiger partial charge in [-0.3, -0.25) is 4.79 Å². The van der Waals surface area contributed by atoms with Gasteiger partial charge in [0.25, 0.3) is 0 Å². The van der Waals surface area contributed by atoms with Crippen molar-refractivity contribution in [2.24, 2.45) is 0 Å². The van der Waals surface area contributed by atoms with Gasteiger partial charge in [0.2, 0.25) is 5.91 Å². The van der Waals surface area contributed by atoms with Crippen molar-refractivity contribution in [2.45, 2.75) is 19.3 Å². The van der Waals surface area contributed by atoms with Crippen molar-refractivity contribution in [2.75, 3.05) is 35.2 Å². The Hall–Kier alpha value is -2.63. The Balaban J connectivity index is 1.45. The summed E-state index contributed by atoms with van der Waals surface area (Å²) < 4.78 is 26.3. The van der Waals surface area contributed by atoms with E-state index in [1.807, 2.05) is 12.1 Å². The number of amides is 1. The SMILES string of the molecule is O=C(CCNc1ccc(N2CCCC2)cc1)Nc1ccc(F)cc1F. The number of carbonyl (C=O) groups excluding carboxylic acids is 1. The lowest BCUT2D eigenvalue weighted by atomic mass is 10.2. The van der Waals surface area contributed by atoms with Crippen LogP contribution in [0.1, 0.15) is 19.3 Å². The highest BCUT2D eigenvalue weighted by Crippen LogP contribution is 2.22. The molecule has 0 aliphatic carbocycles. The molecule has 0 spiro atoms. The third kappa shape index (κ3) is 4.68. The summed E-state index contributed by atoms with van der Waals surface area (Å²) in [6.07, 6.45) is 2.66. The van der Waals surface area contributed by atoms with E-state index in [2.05, 4.69) is 27.7 Å². The van der Waals surface area contributed by atoms with E-state index in [4.69, 9.17) is 0 Å². The summed E-state index contributed by atoms with van der Waals surface area (Å²) in [6.45, 7) is 2.64. The van der Waals surface area contributed by atoms with Crippen molar-refractivity contribution in [1.82, 2.24) is 0 Å². The zero-order chi connectivity index (χ0) is 17.6. The fourth-order valence-electron chi connectivity index (χ4n) is 2.89. The number of hydrogen-bond acceptors (Lipinski definition) is 3. The van der Waals surface area contributed by atoms with Crippen LogP contribution < -0.4 is 15.5 Å². The molecule has 25 heavy (non-hydrogen) atoms. The van der Waals surface area contributed by atoms with Crippen molar-refractivity contribution < 1.29 is 13.6 Å². The molecule has 132 valence electrons. The summed E-state index contributed by atoms with van der Waals surface area (Å²) in [5.41, 5.74) is 2.14. The summed E-state index contributed by atoms with van der Waals surface area (Å²) in [6, 6.07) is 11.2. The second kappa shape index (κ2) is 7.96. The summed E-state index contributed by atoms with van der Waals surface area (Å²) in [7, 11) is 0. The van der Waals surface area contributed by atoms with Crippen molar-refractivity contribution in [3.05, 3.63) is 54.1 Å². The average Bonchev–Trinajstić information content (AvgIpc) is 3.13. The number of benzene rings is 2. The molecule has 1 amide bonds. The van der Waals surface area contributed by atoms with Gasteiger partial charge in [-0.15, -0.1) is 0 Å². The van der Waals surface area contributed by atoms with Crippen LogP contribution in [0.4, 0.5) is 25.8 Å². The van der Waals surface area contributed by atoms with Crippen LogP contribution in [0.2, 0.25) is 0 Å². The van der Waals surface area contributed by atoms with E-state index in [1.165, 1.54) is 24.6 Å². The molecule has 1 fully saturated rings. The maximum atomic E-state index is 13.5. The first-order valence-corrected chi connectivity index (χ1v) is 8.45. The second-order valence-electron chi connectivity index (χ2n) is 6.09. The van der Waals surface area contributed by atoms with Gasteiger partial charge in [-0.25, -0.2) is 8.78 Å². The molecule has 6 heteroatoms. The molecule has 4 nitrogen and oxygen atoms in total. The average molecular weight is 345 g/mol. The molecule has 0 aromatic heterocycles. The molecule has 2 aromatic rings. The molecular formula is C19H21F2N3O. The highest BCUT2D eigenvalue weighted by molar-refractivity contribution is 5.91. The maximum absolute atomic E-state index is 13.5. The molecule has 1 heterocycles.